The third kappa shape index (κ3) is 5.36. The van der Waals surface area contributed by atoms with E-state index in [1.165, 1.54) is 25.7 Å². The molecule has 2 nitrogen and oxygen atoms in total. The van der Waals surface area contributed by atoms with E-state index in [4.69, 9.17) is 0 Å². The minimum atomic E-state index is -0.813. The van der Waals surface area contributed by atoms with E-state index in [0.717, 1.165) is 49.6 Å². The molecule has 0 aliphatic heterocycles. The van der Waals surface area contributed by atoms with Gasteiger partial charge in [-0.15, -0.1) is 0 Å². The van der Waals surface area contributed by atoms with E-state index in [2.05, 4.69) is 24.0 Å². The maximum atomic E-state index is 14.5. The number of benzene rings is 1. The van der Waals surface area contributed by atoms with Gasteiger partial charge in [0.2, 0.25) is 0 Å². The molecule has 152 valence electrons. The van der Waals surface area contributed by atoms with E-state index in [1.807, 2.05) is 6.07 Å². The molecule has 1 aromatic carbocycles. The Morgan fingerprint density at radius 3 is 2.36 bits per heavy atom. The summed E-state index contributed by atoms with van der Waals surface area (Å²) in [5.41, 5.74) is 1.96. The zero-order valence-electron chi connectivity index (χ0n) is 17.2. The van der Waals surface area contributed by atoms with Gasteiger partial charge in [-0.25, -0.2) is 8.78 Å². The quantitative estimate of drug-likeness (QED) is 0.460. The van der Waals surface area contributed by atoms with Crippen LogP contribution < -0.4 is 0 Å². The summed E-state index contributed by atoms with van der Waals surface area (Å²) in [5.74, 6) is 0.0894. The summed E-state index contributed by atoms with van der Waals surface area (Å²) in [6.07, 6.45) is 10.8. The Hall–Kier alpha value is -1.84. The molecule has 0 unspecified atom stereocenters. The summed E-state index contributed by atoms with van der Waals surface area (Å²) < 4.78 is 28.9. The minimum Gasteiger partial charge on any atom is -0.203 e. The van der Waals surface area contributed by atoms with E-state index in [1.54, 1.807) is 18.2 Å². The maximum absolute atomic E-state index is 14.5. The highest BCUT2D eigenvalue weighted by Crippen LogP contribution is 2.31. The van der Waals surface area contributed by atoms with Crippen LogP contribution in [0.15, 0.2) is 24.3 Å². The van der Waals surface area contributed by atoms with E-state index in [9.17, 15) is 8.78 Å². The topological polar surface area (TPSA) is 25.8 Å². The van der Waals surface area contributed by atoms with Gasteiger partial charge >= 0.3 is 0 Å². The number of nitrogens with zero attached hydrogens (tertiary/aromatic N) is 2. The number of hydrogen-bond acceptors (Lipinski definition) is 2. The van der Waals surface area contributed by atoms with Crippen molar-refractivity contribution in [2.45, 2.75) is 78.1 Å². The van der Waals surface area contributed by atoms with Gasteiger partial charge in [0.25, 0.3) is 0 Å². The number of aromatic nitrogens is 2. The zero-order chi connectivity index (χ0) is 19.9. The molecule has 1 aromatic heterocycles. The van der Waals surface area contributed by atoms with E-state index in [-0.39, 0.29) is 5.56 Å². The van der Waals surface area contributed by atoms with Crippen LogP contribution in [0.25, 0.3) is 11.3 Å². The van der Waals surface area contributed by atoms with Crippen LogP contribution in [0.4, 0.5) is 8.78 Å². The fourth-order valence-corrected chi connectivity index (χ4v) is 4.15. The van der Waals surface area contributed by atoms with Crippen molar-refractivity contribution in [1.29, 1.82) is 0 Å². The highest BCUT2D eigenvalue weighted by Gasteiger charge is 2.19. The third-order valence-corrected chi connectivity index (χ3v) is 6.15. The predicted molar refractivity (Wildman–Crippen MR) is 110 cm³/mol. The molecule has 1 fully saturated rings. The molecule has 0 radical (unpaired) electrons. The summed E-state index contributed by atoms with van der Waals surface area (Å²) >= 11 is 0. The molecule has 0 amide bonds. The molecule has 2 aromatic rings. The first-order chi connectivity index (χ1) is 13.6. The highest BCUT2D eigenvalue weighted by atomic mass is 19.2. The minimum absolute atomic E-state index is 0.192. The number of aryl methyl sites for hydroxylation is 2. The monoisotopic (exact) mass is 386 g/mol. The van der Waals surface area contributed by atoms with Crippen molar-refractivity contribution in [3.63, 3.8) is 0 Å². The number of hydrogen-bond donors (Lipinski definition) is 0. The van der Waals surface area contributed by atoms with E-state index >= 15 is 0 Å². The molecular weight excluding hydrogens is 354 g/mol. The molecule has 0 bridgehead atoms. The number of halogens is 2. The second kappa shape index (κ2) is 10.1. The van der Waals surface area contributed by atoms with Crippen LogP contribution in [0.2, 0.25) is 0 Å². The van der Waals surface area contributed by atoms with Crippen molar-refractivity contribution < 1.29 is 8.78 Å². The fraction of sp³-hybridized carbons (Fsp3) is 0.583. The van der Waals surface area contributed by atoms with Gasteiger partial charge in [-0.05, 0) is 61.3 Å². The molecule has 3 rings (SSSR count). The fourth-order valence-electron chi connectivity index (χ4n) is 4.15. The van der Waals surface area contributed by atoms with Crippen LogP contribution in [0.5, 0.6) is 0 Å². The Labute approximate surface area is 167 Å². The first-order valence-corrected chi connectivity index (χ1v) is 10.9. The highest BCUT2D eigenvalue weighted by molar-refractivity contribution is 5.60. The summed E-state index contributed by atoms with van der Waals surface area (Å²) in [4.78, 5) is 0. The van der Waals surface area contributed by atoms with Gasteiger partial charge in [0.1, 0.15) is 0 Å². The first-order valence-electron chi connectivity index (χ1n) is 10.9. The standard InChI is InChI=1S/C24H32F2N2/c1-3-4-5-6-19-12-15-21(24(26)23(19)25)22-16-14-20(27-28-22)13-11-18-9-7-17(2)8-10-18/h12,14-18H,3-11,13H2,1-2H3. The number of unbranched alkanes of at least 4 members (excludes halogenated alkanes) is 2. The summed E-state index contributed by atoms with van der Waals surface area (Å²) in [6, 6.07) is 6.98. The van der Waals surface area contributed by atoms with Crippen LogP contribution in [0, 0.1) is 23.5 Å². The largest absolute Gasteiger partial charge is 0.203 e. The molecule has 1 aliphatic carbocycles. The lowest BCUT2D eigenvalue weighted by Gasteiger charge is -2.25. The summed E-state index contributed by atoms with van der Waals surface area (Å²) in [7, 11) is 0. The Kier molecular flexibility index (Phi) is 7.52. The summed E-state index contributed by atoms with van der Waals surface area (Å²) in [5, 5.41) is 8.44. The van der Waals surface area contributed by atoms with Gasteiger partial charge in [-0.2, -0.15) is 10.2 Å². The number of rotatable bonds is 8. The predicted octanol–water partition coefficient (Wildman–Crippen LogP) is 6.91. The van der Waals surface area contributed by atoms with Crippen LogP contribution in [-0.4, -0.2) is 10.2 Å². The second-order valence-corrected chi connectivity index (χ2v) is 8.43. The van der Waals surface area contributed by atoms with Crippen LogP contribution in [0.3, 0.4) is 0 Å². The average Bonchev–Trinajstić information content (AvgIpc) is 2.71. The van der Waals surface area contributed by atoms with Gasteiger partial charge in [0.15, 0.2) is 11.6 Å². The van der Waals surface area contributed by atoms with Crippen molar-refractivity contribution in [2.24, 2.45) is 11.8 Å². The van der Waals surface area contributed by atoms with Gasteiger partial charge in [-0.3, -0.25) is 0 Å². The molecular formula is C24H32F2N2. The van der Waals surface area contributed by atoms with Crippen molar-refractivity contribution in [1.82, 2.24) is 10.2 Å². The Bertz CT molecular complexity index is 750. The third-order valence-electron chi connectivity index (χ3n) is 6.15. The Morgan fingerprint density at radius 1 is 0.893 bits per heavy atom. The molecule has 28 heavy (non-hydrogen) atoms. The van der Waals surface area contributed by atoms with Gasteiger partial charge in [-0.1, -0.05) is 58.4 Å². The van der Waals surface area contributed by atoms with Crippen LogP contribution in [0.1, 0.15) is 76.5 Å². The molecule has 1 saturated carbocycles. The lowest BCUT2D eigenvalue weighted by molar-refractivity contribution is 0.277. The van der Waals surface area contributed by atoms with Crippen molar-refractivity contribution in [3.8, 4) is 11.3 Å². The smallest absolute Gasteiger partial charge is 0.168 e. The molecule has 0 spiro atoms. The summed E-state index contributed by atoms with van der Waals surface area (Å²) in [6.45, 7) is 4.43. The van der Waals surface area contributed by atoms with Crippen molar-refractivity contribution in [3.05, 3.63) is 47.2 Å². The van der Waals surface area contributed by atoms with Crippen LogP contribution >= 0.6 is 0 Å². The maximum Gasteiger partial charge on any atom is 0.168 e. The van der Waals surface area contributed by atoms with Crippen molar-refractivity contribution in [2.75, 3.05) is 0 Å². The first kappa shape index (κ1) is 20.9. The molecule has 1 aliphatic rings. The Balaban J connectivity index is 1.62. The van der Waals surface area contributed by atoms with E-state index in [0.29, 0.717) is 17.7 Å². The Morgan fingerprint density at radius 2 is 1.68 bits per heavy atom. The van der Waals surface area contributed by atoms with Gasteiger partial charge in [0, 0.05) is 5.56 Å². The molecule has 4 heteroatoms. The SMILES string of the molecule is CCCCCc1ccc(-c2ccc(CCC3CCC(C)CC3)nn2)c(F)c1F. The molecule has 0 N–H and O–H groups in total. The molecule has 1 heterocycles. The molecule has 0 saturated heterocycles. The lowest BCUT2D eigenvalue weighted by Crippen LogP contribution is -2.13. The average molecular weight is 387 g/mol. The normalized spacial score (nSPS) is 19.7. The van der Waals surface area contributed by atoms with Crippen LogP contribution in [-0.2, 0) is 12.8 Å². The van der Waals surface area contributed by atoms with Crippen molar-refractivity contribution >= 4 is 0 Å². The second-order valence-electron chi connectivity index (χ2n) is 8.43. The van der Waals surface area contributed by atoms with Gasteiger partial charge in [0.05, 0.1) is 11.4 Å². The zero-order valence-corrected chi connectivity index (χ0v) is 17.2. The lowest BCUT2D eigenvalue weighted by atomic mass is 9.81. The molecule has 0 atom stereocenters. The van der Waals surface area contributed by atoms with Gasteiger partial charge < -0.3 is 0 Å². The van der Waals surface area contributed by atoms with E-state index < -0.39 is 11.6 Å².